The Balaban J connectivity index is 1.30. The van der Waals surface area contributed by atoms with Crippen molar-refractivity contribution in [1.82, 2.24) is 20.0 Å². The Morgan fingerprint density at radius 2 is 1.69 bits per heavy atom. The first-order valence-corrected chi connectivity index (χ1v) is 11.1. The van der Waals surface area contributed by atoms with Crippen molar-refractivity contribution >= 4 is 18.0 Å². The fourth-order valence-corrected chi connectivity index (χ4v) is 4.75. The largest absolute Gasteiger partial charge is 0.479 e. The molecule has 1 saturated heterocycles. The van der Waals surface area contributed by atoms with Crippen LogP contribution in [-0.2, 0) is 21.4 Å². The van der Waals surface area contributed by atoms with Gasteiger partial charge in [0.2, 0.25) is 0 Å². The molecular formula is C25H24N4O6. The van der Waals surface area contributed by atoms with Crippen molar-refractivity contribution in [3.63, 3.8) is 0 Å². The molecule has 1 unspecified atom stereocenters. The number of aliphatic carboxylic acids is 1. The number of carboxylic acids is 1. The minimum absolute atomic E-state index is 0.0780. The summed E-state index contributed by atoms with van der Waals surface area (Å²) in [5.41, 5.74) is 2.74. The van der Waals surface area contributed by atoms with Gasteiger partial charge in [0.1, 0.15) is 6.61 Å². The van der Waals surface area contributed by atoms with Crippen LogP contribution in [0.4, 0.5) is 4.79 Å². The van der Waals surface area contributed by atoms with Crippen molar-refractivity contribution in [2.75, 3.05) is 19.7 Å². The number of rotatable bonds is 6. The van der Waals surface area contributed by atoms with E-state index in [1.54, 1.807) is 13.1 Å². The maximum atomic E-state index is 13.1. The average molecular weight is 476 g/mol. The summed E-state index contributed by atoms with van der Waals surface area (Å²) in [6, 6.07) is 16.3. The molecule has 1 fully saturated rings. The summed E-state index contributed by atoms with van der Waals surface area (Å²) in [5.74, 6) is -2.10. The Bertz CT molecular complexity index is 1270. The first-order chi connectivity index (χ1) is 16.8. The van der Waals surface area contributed by atoms with Gasteiger partial charge in [-0.1, -0.05) is 48.5 Å². The number of carbonyl (C=O) groups excluding carboxylic acids is 2. The quantitative estimate of drug-likeness (QED) is 0.493. The van der Waals surface area contributed by atoms with E-state index in [1.165, 1.54) is 15.8 Å². The van der Waals surface area contributed by atoms with E-state index in [0.717, 1.165) is 22.3 Å². The maximum absolute atomic E-state index is 13.1. The number of benzene rings is 2. The number of ether oxygens (including phenoxy) is 1. The topological polar surface area (TPSA) is 134 Å². The van der Waals surface area contributed by atoms with Crippen molar-refractivity contribution in [3.05, 3.63) is 77.6 Å². The number of alkyl carbamates (subject to hydrolysis) is 1. The van der Waals surface area contributed by atoms with Gasteiger partial charge in [0.25, 0.3) is 5.91 Å². The molecule has 10 heteroatoms. The van der Waals surface area contributed by atoms with Crippen LogP contribution in [0.2, 0.25) is 0 Å². The Hall–Kier alpha value is -4.18. The first kappa shape index (κ1) is 22.6. The molecule has 3 N–H and O–H groups in total. The lowest BCUT2D eigenvalue weighted by Crippen LogP contribution is -2.68. The van der Waals surface area contributed by atoms with Crippen LogP contribution in [0.1, 0.15) is 28.8 Å². The lowest BCUT2D eigenvalue weighted by molar-refractivity contribution is -0.182. The lowest BCUT2D eigenvalue weighted by Gasteiger charge is -2.44. The molecule has 10 nitrogen and oxygen atoms in total. The number of aryl methyl sites for hydroxylation is 1. The summed E-state index contributed by atoms with van der Waals surface area (Å²) in [5, 5.41) is 25.8. The number of fused-ring (bicyclic) bond motifs is 3. The van der Waals surface area contributed by atoms with Gasteiger partial charge in [-0.25, -0.2) is 9.59 Å². The number of β-amino-alcohol motifs (C(OH)–C–C–N with tert-alkyl or cyclic N) is 1. The number of hydrogen-bond donors (Lipinski definition) is 3. The van der Waals surface area contributed by atoms with E-state index in [-0.39, 0.29) is 25.6 Å². The van der Waals surface area contributed by atoms with Crippen LogP contribution in [-0.4, -0.2) is 68.2 Å². The maximum Gasteiger partial charge on any atom is 0.408 e. The van der Waals surface area contributed by atoms with E-state index in [0.29, 0.717) is 5.69 Å². The van der Waals surface area contributed by atoms with Gasteiger partial charge in [0.15, 0.2) is 11.6 Å². The molecule has 1 aliphatic carbocycles. The Kier molecular flexibility index (Phi) is 5.52. The predicted molar refractivity (Wildman–Crippen MR) is 123 cm³/mol. The standard InChI is InChI=1S/C25H24N4O6/c1-28-20(10-11-26-28)21(22(30)29-13-25(34,14-29)23(31)32)27-24(33)35-12-19-17-8-4-2-6-15(17)16-7-3-5-9-18(16)19/h2-11,19,21,34H,12-14H2,1H3,(H,27,33)(H,31,32). The molecule has 1 aliphatic heterocycles. The number of nitrogens with one attached hydrogen (secondary N) is 1. The highest BCUT2D eigenvalue weighted by molar-refractivity contribution is 5.90. The van der Waals surface area contributed by atoms with E-state index in [9.17, 15) is 19.5 Å². The number of aromatic nitrogens is 2. The minimum atomic E-state index is -1.99. The first-order valence-electron chi connectivity index (χ1n) is 11.1. The van der Waals surface area contributed by atoms with Gasteiger partial charge < -0.3 is 25.2 Å². The van der Waals surface area contributed by atoms with Gasteiger partial charge >= 0.3 is 12.1 Å². The highest BCUT2D eigenvalue weighted by Gasteiger charge is 2.51. The number of carboxylic acid groups (broad SMARTS) is 1. The summed E-state index contributed by atoms with van der Waals surface area (Å²) in [6.07, 6.45) is 0.694. The molecule has 180 valence electrons. The minimum Gasteiger partial charge on any atom is -0.479 e. The zero-order valence-corrected chi connectivity index (χ0v) is 18.9. The number of amides is 2. The van der Waals surface area contributed by atoms with E-state index in [2.05, 4.69) is 10.4 Å². The second-order valence-corrected chi connectivity index (χ2v) is 8.81. The van der Waals surface area contributed by atoms with E-state index in [4.69, 9.17) is 9.84 Å². The third-order valence-corrected chi connectivity index (χ3v) is 6.62. The highest BCUT2D eigenvalue weighted by Crippen LogP contribution is 2.44. The van der Waals surface area contributed by atoms with Gasteiger partial charge in [0, 0.05) is 19.2 Å². The molecular weight excluding hydrogens is 452 g/mol. The van der Waals surface area contributed by atoms with E-state index in [1.807, 2.05) is 48.5 Å². The van der Waals surface area contributed by atoms with Crippen molar-refractivity contribution in [1.29, 1.82) is 0 Å². The monoisotopic (exact) mass is 476 g/mol. The molecule has 0 bridgehead atoms. The molecule has 1 aromatic heterocycles. The summed E-state index contributed by atoms with van der Waals surface area (Å²) < 4.78 is 7.01. The second-order valence-electron chi connectivity index (χ2n) is 8.81. The molecule has 35 heavy (non-hydrogen) atoms. The van der Waals surface area contributed by atoms with Gasteiger partial charge in [-0.15, -0.1) is 0 Å². The van der Waals surface area contributed by atoms with Crippen LogP contribution >= 0.6 is 0 Å². The Morgan fingerprint density at radius 3 is 2.23 bits per heavy atom. The molecule has 0 saturated carbocycles. The number of aliphatic hydroxyl groups is 1. The summed E-state index contributed by atoms with van der Waals surface area (Å²) in [7, 11) is 1.62. The van der Waals surface area contributed by atoms with Crippen LogP contribution in [0.3, 0.4) is 0 Å². The fraction of sp³-hybridized carbons (Fsp3) is 0.280. The van der Waals surface area contributed by atoms with Crippen LogP contribution in [0.5, 0.6) is 0 Å². The van der Waals surface area contributed by atoms with Crippen molar-refractivity contribution < 1.29 is 29.3 Å². The Labute approximate surface area is 200 Å². The second kappa shape index (κ2) is 8.55. The van der Waals surface area contributed by atoms with Gasteiger partial charge in [-0.3, -0.25) is 9.48 Å². The number of hydrogen-bond acceptors (Lipinski definition) is 6. The van der Waals surface area contributed by atoms with Crippen molar-refractivity contribution in [2.45, 2.75) is 17.6 Å². The number of carbonyl (C=O) groups is 3. The smallest absolute Gasteiger partial charge is 0.408 e. The van der Waals surface area contributed by atoms with E-state index >= 15 is 0 Å². The molecule has 1 atom stereocenters. The highest BCUT2D eigenvalue weighted by atomic mass is 16.5. The van der Waals surface area contributed by atoms with Crippen LogP contribution in [0.15, 0.2) is 60.8 Å². The molecule has 2 aromatic carbocycles. The third kappa shape index (κ3) is 3.91. The third-order valence-electron chi connectivity index (χ3n) is 6.62. The number of nitrogens with zero attached hydrogens (tertiary/aromatic N) is 3. The fourth-order valence-electron chi connectivity index (χ4n) is 4.75. The molecule has 2 amide bonds. The summed E-state index contributed by atoms with van der Waals surface area (Å²) in [4.78, 5) is 38.3. The average Bonchev–Trinajstić information content (AvgIpc) is 3.39. The normalized spacial score (nSPS) is 16.6. The zero-order chi connectivity index (χ0) is 24.7. The van der Waals surface area contributed by atoms with E-state index < -0.39 is 29.6 Å². The molecule has 5 rings (SSSR count). The zero-order valence-electron chi connectivity index (χ0n) is 18.9. The van der Waals surface area contributed by atoms with Crippen LogP contribution in [0, 0.1) is 0 Å². The van der Waals surface area contributed by atoms with Crippen molar-refractivity contribution in [2.24, 2.45) is 7.05 Å². The van der Waals surface area contributed by atoms with Crippen LogP contribution in [0.25, 0.3) is 11.1 Å². The molecule has 3 aromatic rings. The summed E-state index contributed by atoms with van der Waals surface area (Å²) in [6.45, 7) is -0.668. The van der Waals surface area contributed by atoms with Crippen molar-refractivity contribution in [3.8, 4) is 11.1 Å². The Morgan fingerprint density at radius 1 is 1.09 bits per heavy atom. The van der Waals surface area contributed by atoms with Gasteiger partial charge in [-0.05, 0) is 28.3 Å². The molecule has 0 spiro atoms. The van der Waals surface area contributed by atoms with Gasteiger partial charge in [0.05, 0.1) is 18.8 Å². The molecule has 2 aliphatic rings. The number of likely N-dealkylation sites (tertiary alicyclic amines) is 1. The SMILES string of the molecule is Cn1nccc1C(NC(=O)OCC1c2ccccc2-c2ccccc21)C(=O)N1CC(O)(C(=O)O)C1. The predicted octanol–water partition coefficient (Wildman–Crippen LogP) is 1.66. The lowest BCUT2D eigenvalue weighted by atomic mass is 9.93. The summed E-state index contributed by atoms with van der Waals surface area (Å²) >= 11 is 0. The van der Waals surface area contributed by atoms with Crippen LogP contribution < -0.4 is 5.32 Å². The molecule has 2 heterocycles. The molecule has 0 radical (unpaired) electrons. The van der Waals surface area contributed by atoms with Gasteiger partial charge in [-0.2, -0.15) is 5.10 Å².